The van der Waals surface area contributed by atoms with Crippen LogP contribution in [0.4, 0.5) is 14.6 Å². The summed E-state index contributed by atoms with van der Waals surface area (Å²) in [5.41, 5.74) is 0.601. The molecule has 0 saturated heterocycles. The molecule has 1 unspecified atom stereocenters. The molecule has 2 fully saturated rings. The minimum absolute atomic E-state index is 0.0736. The van der Waals surface area contributed by atoms with Crippen molar-refractivity contribution >= 4 is 21.6 Å². The molecular formula is C21H23F2N3O3S. The number of nitrogens with one attached hydrogen (secondary N) is 1. The van der Waals surface area contributed by atoms with Crippen molar-refractivity contribution in [1.82, 2.24) is 9.97 Å². The van der Waals surface area contributed by atoms with Gasteiger partial charge in [-0.25, -0.2) is 22.2 Å². The predicted molar refractivity (Wildman–Crippen MR) is 107 cm³/mol. The van der Waals surface area contributed by atoms with Crippen LogP contribution in [0, 0.1) is 5.92 Å². The van der Waals surface area contributed by atoms with Crippen molar-refractivity contribution in [1.29, 1.82) is 0 Å². The largest absolute Gasteiger partial charge is 0.309 e. The third-order valence-electron chi connectivity index (χ3n) is 5.78. The van der Waals surface area contributed by atoms with E-state index >= 15 is 0 Å². The van der Waals surface area contributed by atoms with Gasteiger partial charge in [-0.3, -0.25) is 9.78 Å². The number of nitrogens with zero attached hydrogens (tertiary/aromatic N) is 2. The quantitative estimate of drug-likeness (QED) is 0.718. The first-order chi connectivity index (χ1) is 14.3. The highest BCUT2D eigenvalue weighted by molar-refractivity contribution is 7.92. The first kappa shape index (κ1) is 20.8. The molecule has 160 valence electrons. The lowest BCUT2D eigenvalue weighted by molar-refractivity contribution is -0.118. The number of carbonyl (C=O) groups excluding carboxylic acids is 1. The summed E-state index contributed by atoms with van der Waals surface area (Å²) < 4.78 is 52.2. The number of aromatic nitrogens is 2. The molecule has 1 heterocycles. The average Bonchev–Trinajstić information content (AvgIpc) is 3.54. The Morgan fingerprint density at radius 3 is 2.33 bits per heavy atom. The van der Waals surface area contributed by atoms with Gasteiger partial charge in [-0.2, -0.15) is 0 Å². The number of halogens is 2. The molecule has 0 radical (unpaired) electrons. The van der Waals surface area contributed by atoms with Crippen LogP contribution in [0.2, 0.25) is 0 Å². The lowest BCUT2D eigenvalue weighted by Crippen LogP contribution is -2.24. The van der Waals surface area contributed by atoms with Crippen molar-refractivity contribution < 1.29 is 22.0 Å². The minimum atomic E-state index is -3.33. The molecule has 2 aliphatic rings. The summed E-state index contributed by atoms with van der Waals surface area (Å²) in [6.07, 6.45) is 3.07. The smallest absolute Gasteiger partial charge is 0.233 e. The molecule has 6 nitrogen and oxygen atoms in total. The van der Waals surface area contributed by atoms with Crippen LogP contribution in [-0.4, -0.2) is 41.9 Å². The second kappa shape index (κ2) is 8.37. The van der Waals surface area contributed by atoms with Gasteiger partial charge in [0.15, 0.2) is 15.7 Å². The van der Waals surface area contributed by atoms with E-state index in [0.29, 0.717) is 18.4 Å². The number of alkyl halides is 2. The number of hydrogen-bond acceptors (Lipinski definition) is 5. The van der Waals surface area contributed by atoms with Crippen LogP contribution in [0.1, 0.15) is 43.6 Å². The highest BCUT2D eigenvalue weighted by Crippen LogP contribution is 2.39. The van der Waals surface area contributed by atoms with E-state index in [1.54, 1.807) is 12.1 Å². The second-order valence-electron chi connectivity index (χ2n) is 8.05. The van der Waals surface area contributed by atoms with Gasteiger partial charge in [-0.15, -0.1) is 0 Å². The lowest BCUT2D eigenvalue weighted by atomic mass is 9.87. The van der Waals surface area contributed by atoms with Crippen molar-refractivity contribution in [3.63, 3.8) is 0 Å². The SMILES string of the molecule is O=C(Nc1cnccn1)C(C[C@H]1C[C@@H](F)[C@@H](F)C1)c1ccc(S(=O)(=O)C2CC2)cc1. The van der Waals surface area contributed by atoms with Gasteiger partial charge in [0.25, 0.3) is 0 Å². The molecule has 0 spiro atoms. The molecule has 1 aromatic carbocycles. The van der Waals surface area contributed by atoms with Crippen LogP contribution in [-0.2, 0) is 14.6 Å². The number of rotatable bonds is 7. The normalized spacial score (nSPS) is 25.1. The maximum atomic E-state index is 13.7. The van der Waals surface area contributed by atoms with Gasteiger partial charge in [0, 0.05) is 12.4 Å². The molecule has 1 aromatic heterocycles. The molecule has 30 heavy (non-hydrogen) atoms. The molecule has 2 aromatic rings. The maximum absolute atomic E-state index is 13.7. The standard InChI is InChI=1S/C21H23F2N3O3S/c22-18-10-13(11-19(18)23)9-17(21(27)26-20-12-24-7-8-25-20)14-1-3-15(4-2-14)30(28,29)16-5-6-16/h1-4,7-8,12-13,16-19H,5-6,9-11H2,(H,25,26,27)/t13-,17?,18+,19-. The fourth-order valence-corrected chi connectivity index (χ4v) is 5.64. The topological polar surface area (TPSA) is 89.0 Å². The van der Waals surface area contributed by atoms with Gasteiger partial charge in [0.05, 0.1) is 22.3 Å². The molecule has 4 rings (SSSR count). The zero-order valence-electron chi connectivity index (χ0n) is 16.2. The van der Waals surface area contributed by atoms with Crippen molar-refractivity contribution in [2.24, 2.45) is 5.92 Å². The Morgan fingerprint density at radius 2 is 1.77 bits per heavy atom. The molecule has 9 heteroatoms. The van der Waals surface area contributed by atoms with Gasteiger partial charge in [0.1, 0.15) is 12.3 Å². The Kier molecular flexibility index (Phi) is 5.81. The van der Waals surface area contributed by atoms with Crippen molar-refractivity contribution in [2.75, 3.05) is 5.32 Å². The first-order valence-electron chi connectivity index (χ1n) is 10.0. The van der Waals surface area contributed by atoms with E-state index in [0.717, 1.165) is 0 Å². The van der Waals surface area contributed by atoms with Crippen LogP contribution in [0.3, 0.4) is 0 Å². The number of benzene rings is 1. The lowest BCUT2D eigenvalue weighted by Gasteiger charge is -2.20. The fraction of sp³-hybridized carbons (Fsp3) is 0.476. The van der Waals surface area contributed by atoms with Crippen LogP contribution in [0.5, 0.6) is 0 Å². The Hall–Kier alpha value is -2.42. The monoisotopic (exact) mass is 435 g/mol. The van der Waals surface area contributed by atoms with Crippen molar-refractivity contribution in [3.05, 3.63) is 48.4 Å². The Bertz CT molecular complexity index is 988. The first-order valence-corrected chi connectivity index (χ1v) is 11.6. The summed E-state index contributed by atoms with van der Waals surface area (Å²) in [5.74, 6) is -1.06. The molecule has 2 aliphatic carbocycles. The molecule has 0 bridgehead atoms. The van der Waals surface area contributed by atoms with Crippen molar-refractivity contribution in [3.8, 4) is 0 Å². The van der Waals surface area contributed by atoms with Gasteiger partial charge in [-0.1, -0.05) is 12.1 Å². The third-order valence-corrected chi connectivity index (χ3v) is 8.06. The van der Waals surface area contributed by atoms with E-state index in [4.69, 9.17) is 0 Å². The minimum Gasteiger partial charge on any atom is -0.309 e. The Morgan fingerprint density at radius 1 is 1.10 bits per heavy atom. The molecule has 1 amide bonds. The van der Waals surface area contributed by atoms with E-state index in [1.165, 1.54) is 30.7 Å². The number of carbonyl (C=O) groups is 1. The molecular weight excluding hydrogens is 412 g/mol. The summed E-state index contributed by atoms with van der Waals surface area (Å²) in [6.45, 7) is 0. The van der Waals surface area contributed by atoms with Crippen LogP contribution in [0.15, 0.2) is 47.8 Å². The average molecular weight is 435 g/mol. The van der Waals surface area contributed by atoms with E-state index in [2.05, 4.69) is 15.3 Å². The van der Waals surface area contributed by atoms with Crippen LogP contribution in [0.25, 0.3) is 0 Å². The van der Waals surface area contributed by atoms with Crippen molar-refractivity contribution in [2.45, 2.75) is 60.5 Å². The number of sulfone groups is 1. The number of hydrogen-bond donors (Lipinski definition) is 1. The molecule has 0 aliphatic heterocycles. The van der Waals surface area contributed by atoms with Gasteiger partial charge in [0.2, 0.25) is 5.91 Å². The molecule has 1 N–H and O–H groups in total. The summed E-state index contributed by atoms with van der Waals surface area (Å²) in [6, 6.07) is 6.25. The highest BCUT2D eigenvalue weighted by Gasteiger charge is 2.38. The van der Waals surface area contributed by atoms with E-state index in [1.807, 2.05) is 0 Å². The highest BCUT2D eigenvalue weighted by atomic mass is 32.2. The fourth-order valence-electron chi connectivity index (χ4n) is 3.99. The van der Waals surface area contributed by atoms with E-state index < -0.39 is 28.1 Å². The zero-order chi connectivity index (χ0) is 21.3. The van der Waals surface area contributed by atoms with E-state index in [-0.39, 0.29) is 47.1 Å². The summed E-state index contributed by atoms with van der Waals surface area (Å²) in [4.78, 5) is 21.2. The Labute approximate surface area is 174 Å². The predicted octanol–water partition coefficient (Wildman–Crippen LogP) is 3.61. The molecule has 2 saturated carbocycles. The zero-order valence-corrected chi connectivity index (χ0v) is 17.1. The van der Waals surface area contributed by atoms with Crippen LogP contribution >= 0.6 is 0 Å². The number of amides is 1. The van der Waals surface area contributed by atoms with E-state index in [9.17, 15) is 22.0 Å². The Balaban J connectivity index is 1.56. The maximum Gasteiger partial charge on any atom is 0.233 e. The van der Waals surface area contributed by atoms with Gasteiger partial charge >= 0.3 is 0 Å². The molecule has 4 atom stereocenters. The second-order valence-corrected chi connectivity index (χ2v) is 10.3. The van der Waals surface area contributed by atoms with Crippen LogP contribution < -0.4 is 5.32 Å². The summed E-state index contributed by atoms with van der Waals surface area (Å²) >= 11 is 0. The number of anilines is 1. The summed E-state index contributed by atoms with van der Waals surface area (Å²) in [7, 11) is -3.33. The third kappa shape index (κ3) is 4.50. The summed E-state index contributed by atoms with van der Waals surface area (Å²) in [5, 5.41) is 2.37. The van der Waals surface area contributed by atoms with Gasteiger partial charge in [-0.05, 0) is 55.7 Å². The van der Waals surface area contributed by atoms with Gasteiger partial charge < -0.3 is 5.32 Å².